The van der Waals surface area contributed by atoms with E-state index in [1.54, 1.807) is 24.0 Å². The van der Waals surface area contributed by atoms with Crippen molar-refractivity contribution >= 4 is 27.8 Å². The average molecular weight is 397 g/mol. The minimum atomic E-state index is -1.06. The molecule has 0 bridgehead atoms. The summed E-state index contributed by atoms with van der Waals surface area (Å²) in [5, 5.41) is 14.0. The fourth-order valence-corrected chi connectivity index (χ4v) is 3.71. The highest BCUT2D eigenvalue weighted by molar-refractivity contribution is 6.05. The van der Waals surface area contributed by atoms with Crippen LogP contribution in [0.15, 0.2) is 35.4 Å². The summed E-state index contributed by atoms with van der Waals surface area (Å²) in [6.45, 7) is 6.36. The Balaban J connectivity index is 2.04. The van der Waals surface area contributed by atoms with E-state index in [9.17, 15) is 9.59 Å². The summed E-state index contributed by atoms with van der Waals surface area (Å²) in [6, 6.07) is 5.48. The maximum absolute atomic E-state index is 12.7. The summed E-state index contributed by atoms with van der Waals surface area (Å²) in [7, 11) is 1.74. The maximum Gasteiger partial charge on any atom is 0.404 e. The van der Waals surface area contributed by atoms with Gasteiger partial charge in [-0.2, -0.15) is 0 Å². The summed E-state index contributed by atoms with van der Waals surface area (Å²) in [5.41, 5.74) is 1.67. The molecule has 2 heterocycles. The van der Waals surface area contributed by atoms with Crippen LogP contribution in [-0.2, 0) is 13.5 Å². The van der Waals surface area contributed by atoms with Gasteiger partial charge in [0.15, 0.2) is 0 Å². The Hall–Kier alpha value is -3.09. The first-order chi connectivity index (χ1) is 13.8. The molecular formula is C22H27N3O4. The molecule has 1 atom stereocenters. The second-order valence-electron chi connectivity index (χ2n) is 7.70. The minimum Gasteiger partial charge on any atom is -0.491 e. The third-order valence-corrected chi connectivity index (χ3v) is 5.09. The Labute approximate surface area is 169 Å². The molecule has 7 nitrogen and oxygen atoms in total. The van der Waals surface area contributed by atoms with Gasteiger partial charge in [-0.25, -0.2) is 4.79 Å². The highest BCUT2D eigenvalue weighted by atomic mass is 16.5. The van der Waals surface area contributed by atoms with Crippen molar-refractivity contribution in [1.29, 1.82) is 0 Å². The fourth-order valence-electron chi connectivity index (χ4n) is 3.71. The molecule has 1 aromatic carbocycles. The number of rotatable bonds is 7. The molecule has 0 spiro atoms. The van der Waals surface area contributed by atoms with Crippen molar-refractivity contribution in [3.63, 3.8) is 0 Å². The number of pyridine rings is 2. The van der Waals surface area contributed by atoms with E-state index >= 15 is 0 Å². The number of fused-ring (bicyclic) bond motifs is 3. The predicted octanol–water partition coefficient (Wildman–Crippen LogP) is 3.71. The van der Waals surface area contributed by atoms with Crippen LogP contribution >= 0.6 is 0 Å². The van der Waals surface area contributed by atoms with Crippen LogP contribution in [0, 0.1) is 5.92 Å². The first-order valence-electron chi connectivity index (χ1n) is 9.83. The van der Waals surface area contributed by atoms with Gasteiger partial charge in [0.25, 0.3) is 5.56 Å². The lowest BCUT2D eigenvalue weighted by Gasteiger charge is -2.21. The van der Waals surface area contributed by atoms with Gasteiger partial charge < -0.3 is 19.7 Å². The molecule has 0 aliphatic rings. The van der Waals surface area contributed by atoms with Gasteiger partial charge in [0.1, 0.15) is 12.4 Å². The Morgan fingerprint density at radius 3 is 2.69 bits per heavy atom. The van der Waals surface area contributed by atoms with Crippen LogP contribution < -0.4 is 15.6 Å². The number of nitrogens with zero attached hydrogens (tertiary/aromatic N) is 2. The first-order valence-corrected chi connectivity index (χ1v) is 9.83. The van der Waals surface area contributed by atoms with Gasteiger partial charge in [0.05, 0.1) is 16.9 Å². The van der Waals surface area contributed by atoms with E-state index in [0.29, 0.717) is 23.5 Å². The highest BCUT2D eigenvalue weighted by Crippen LogP contribution is 2.30. The maximum atomic E-state index is 12.7. The van der Waals surface area contributed by atoms with E-state index in [1.807, 2.05) is 32.9 Å². The van der Waals surface area contributed by atoms with Gasteiger partial charge in [0, 0.05) is 30.9 Å². The largest absolute Gasteiger partial charge is 0.491 e. The van der Waals surface area contributed by atoms with Crippen LogP contribution in [0.4, 0.5) is 4.79 Å². The van der Waals surface area contributed by atoms with E-state index in [1.165, 1.54) is 0 Å². The Morgan fingerprint density at radius 2 is 2.03 bits per heavy atom. The normalized spacial score (nSPS) is 12.4. The van der Waals surface area contributed by atoms with E-state index < -0.39 is 6.09 Å². The van der Waals surface area contributed by atoms with Crippen molar-refractivity contribution in [2.75, 3.05) is 6.61 Å². The number of amides is 1. The third-order valence-electron chi connectivity index (χ3n) is 5.09. The van der Waals surface area contributed by atoms with Crippen LogP contribution in [0.5, 0.6) is 5.75 Å². The molecule has 2 aromatic heterocycles. The number of hydrogen-bond acceptors (Lipinski definition) is 4. The molecule has 0 saturated heterocycles. The predicted molar refractivity (Wildman–Crippen MR) is 114 cm³/mol. The van der Waals surface area contributed by atoms with Gasteiger partial charge in [0.2, 0.25) is 0 Å². The number of carbonyl (C=O) groups is 1. The topological polar surface area (TPSA) is 93.5 Å². The summed E-state index contributed by atoms with van der Waals surface area (Å²) in [5.74, 6) is 1.00. The highest BCUT2D eigenvalue weighted by Gasteiger charge is 2.17. The van der Waals surface area contributed by atoms with Crippen molar-refractivity contribution in [2.45, 2.75) is 39.7 Å². The van der Waals surface area contributed by atoms with E-state index in [0.717, 1.165) is 28.3 Å². The summed E-state index contributed by atoms with van der Waals surface area (Å²) in [6.07, 6.45) is 3.65. The molecule has 7 heteroatoms. The molecule has 2 N–H and O–H groups in total. The summed E-state index contributed by atoms with van der Waals surface area (Å²) >= 11 is 0. The zero-order valence-corrected chi connectivity index (χ0v) is 17.2. The SMILES string of the molecule is CCc1cc2c3ccncc3c(=O)n(C)c2cc1OCC(CC(C)C)NC(=O)O. The Kier molecular flexibility index (Phi) is 6.06. The van der Waals surface area contributed by atoms with Gasteiger partial charge in [-0.1, -0.05) is 20.8 Å². The molecule has 154 valence electrons. The van der Waals surface area contributed by atoms with Gasteiger partial charge in [-0.05, 0) is 41.8 Å². The monoisotopic (exact) mass is 397 g/mol. The molecule has 0 radical (unpaired) electrons. The van der Waals surface area contributed by atoms with E-state index in [2.05, 4.69) is 16.4 Å². The molecule has 29 heavy (non-hydrogen) atoms. The number of nitrogens with one attached hydrogen (secondary N) is 1. The third kappa shape index (κ3) is 4.34. The average Bonchev–Trinajstić information content (AvgIpc) is 2.68. The standard InChI is InChI=1S/C22H27N3O4/c1-5-14-9-17-16-6-7-23-11-18(16)21(26)25(4)19(17)10-20(14)29-12-15(8-13(2)3)24-22(27)28/h6-7,9-11,13,15,24H,5,8,12H2,1-4H3,(H,27,28). The van der Waals surface area contributed by atoms with Crippen LogP contribution in [0.25, 0.3) is 21.7 Å². The summed E-state index contributed by atoms with van der Waals surface area (Å²) < 4.78 is 7.66. The van der Waals surface area contributed by atoms with E-state index in [-0.39, 0.29) is 18.2 Å². The van der Waals surface area contributed by atoms with Crippen LogP contribution in [0.1, 0.15) is 32.8 Å². The van der Waals surface area contributed by atoms with Gasteiger partial charge >= 0.3 is 6.09 Å². The quantitative estimate of drug-likeness (QED) is 0.593. The molecule has 0 saturated carbocycles. The molecule has 1 amide bonds. The lowest BCUT2D eigenvalue weighted by atomic mass is 10.0. The summed E-state index contributed by atoms with van der Waals surface area (Å²) in [4.78, 5) is 27.9. The first kappa shape index (κ1) is 20.6. The van der Waals surface area contributed by atoms with Crippen LogP contribution in [0.2, 0.25) is 0 Å². The van der Waals surface area contributed by atoms with E-state index in [4.69, 9.17) is 9.84 Å². The lowest BCUT2D eigenvalue weighted by molar-refractivity contribution is 0.176. The molecule has 3 aromatic rings. The molecule has 1 unspecified atom stereocenters. The van der Waals surface area contributed by atoms with Crippen LogP contribution in [0.3, 0.4) is 0 Å². The molecule has 0 fully saturated rings. The zero-order valence-electron chi connectivity index (χ0n) is 17.2. The Bertz CT molecular complexity index is 1100. The van der Waals surface area contributed by atoms with Crippen LogP contribution in [-0.4, -0.2) is 33.4 Å². The second kappa shape index (κ2) is 8.51. The fraction of sp³-hybridized carbons (Fsp3) is 0.409. The number of hydrogen-bond donors (Lipinski definition) is 2. The number of benzene rings is 1. The molecule has 3 rings (SSSR count). The van der Waals surface area contributed by atoms with Crippen molar-refractivity contribution in [3.05, 3.63) is 46.5 Å². The number of aromatic nitrogens is 2. The number of ether oxygens (including phenoxy) is 1. The Morgan fingerprint density at radius 1 is 1.28 bits per heavy atom. The van der Waals surface area contributed by atoms with Crippen molar-refractivity contribution in [2.24, 2.45) is 13.0 Å². The number of carboxylic acid groups (broad SMARTS) is 1. The number of aryl methyl sites for hydroxylation is 2. The minimum absolute atomic E-state index is 0.110. The molecular weight excluding hydrogens is 370 g/mol. The van der Waals surface area contributed by atoms with Crippen molar-refractivity contribution in [3.8, 4) is 5.75 Å². The second-order valence-corrected chi connectivity index (χ2v) is 7.70. The zero-order chi connectivity index (χ0) is 21.1. The molecule has 0 aliphatic carbocycles. The van der Waals surface area contributed by atoms with Gasteiger partial charge in [-0.15, -0.1) is 0 Å². The van der Waals surface area contributed by atoms with Crippen molar-refractivity contribution < 1.29 is 14.6 Å². The van der Waals surface area contributed by atoms with Crippen molar-refractivity contribution in [1.82, 2.24) is 14.9 Å². The smallest absolute Gasteiger partial charge is 0.404 e. The lowest BCUT2D eigenvalue weighted by Crippen LogP contribution is -2.39. The molecule has 0 aliphatic heterocycles. The van der Waals surface area contributed by atoms with Gasteiger partial charge in [-0.3, -0.25) is 9.78 Å².